The van der Waals surface area contributed by atoms with Gasteiger partial charge in [0.15, 0.2) is 11.7 Å². The maximum Gasteiger partial charge on any atom is 0.172 e. The van der Waals surface area contributed by atoms with Gasteiger partial charge in [0.05, 0.1) is 5.69 Å². The van der Waals surface area contributed by atoms with E-state index in [9.17, 15) is 0 Å². The lowest BCUT2D eigenvalue weighted by molar-refractivity contribution is 0.318. The standard InChI is InChI=1S/C14H19N5O/c1-4-12-16-13(5-2)19(17-12)11-8-9(3)6-7-10(11)14(15)18-20/h6-8,20H,4-5H2,1-3H3,(H2,15,18). The van der Waals surface area contributed by atoms with Gasteiger partial charge in [-0.15, -0.1) is 0 Å². The molecule has 0 aliphatic rings. The van der Waals surface area contributed by atoms with Crippen LogP contribution in [0.5, 0.6) is 0 Å². The van der Waals surface area contributed by atoms with Crippen molar-refractivity contribution >= 4 is 5.84 Å². The summed E-state index contributed by atoms with van der Waals surface area (Å²) in [6.45, 7) is 6.03. The molecule has 20 heavy (non-hydrogen) atoms. The van der Waals surface area contributed by atoms with E-state index in [1.54, 1.807) is 4.68 Å². The minimum atomic E-state index is 0.0654. The molecule has 0 fully saturated rings. The number of hydrogen-bond donors (Lipinski definition) is 2. The smallest absolute Gasteiger partial charge is 0.172 e. The first-order valence-electron chi connectivity index (χ1n) is 6.64. The lowest BCUT2D eigenvalue weighted by atomic mass is 10.1. The summed E-state index contributed by atoms with van der Waals surface area (Å²) >= 11 is 0. The summed E-state index contributed by atoms with van der Waals surface area (Å²) in [5.41, 5.74) is 8.25. The molecule has 0 saturated heterocycles. The molecule has 2 rings (SSSR count). The van der Waals surface area contributed by atoms with E-state index in [2.05, 4.69) is 15.2 Å². The van der Waals surface area contributed by atoms with Crippen molar-refractivity contribution in [3.63, 3.8) is 0 Å². The lowest BCUT2D eigenvalue weighted by Crippen LogP contribution is -2.17. The normalized spacial score (nSPS) is 11.8. The number of aromatic nitrogens is 3. The Labute approximate surface area is 117 Å². The molecular formula is C14H19N5O. The van der Waals surface area contributed by atoms with Gasteiger partial charge in [-0.2, -0.15) is 5.10 Å². The number of rotatable bonds is 4. The van der Waals surface area contributed by atoms with E-state index in [0.29, 0.717) is 5.56 Å². The van der Waals surface area contributed by atoms with Crippen LogP contribution in [0.2, 0.25) is 0 Å². The first-order chi connectivity index (χ1) is 9.60. The fraction of sp³-hybridized carbons (Fsp3) is 0.357. The minimum Gasteiger partial charge on any atom is -0.409 e. The van der Waals surface area contributed by atoms with E-state index in [4.69, 9.17) is 10.9 Å². The summed E-state index contributed by atoms with van der Waals surface area (Å²) in [4.78, 5) is 4.49. The minimum absolute atomic E-state index is 0.0654. The van der Waals surface area contributed by atoms with Gasteiger partial charge in [-0.05, 0) is 24.6 Å². The highest BCUT2D eigenvalue weighted by molar-refractivity contribution is 6.00. The molecule has 0 amide bonds. The Hall–Kier alpha value is -2.37. The second-order valence-corrected chi connectivity index (χ2v) is 4.57. The second-order valence-electron chi connectivity index (χ2n) is 4.57. The van der Waals surface area contributed by atoms with Crippen LogP contribution in [-0.2, 0) is 12.8 Å². The van der Waals surface area contributed by atoms with Crippen molar-refractivity contribution in [1.82, 2.24) is 14.8 Å². The summed E-state index contributed by atoms with van der Waals surface area (Å²) in [6, 6.07) is 5.70. The molecule has 1 heterocycles. The van der Waals surface area contributed by atoms with Crippen LogP contribution in [0.3, 0.4) is 0 Å². The van der Waals surface area contributed by atoms with Crippen molar-refractivity contribution in [2.24, 2.45) is 10.9 Å². The van der Waals surface area contributed by atoms with Gasteiger partial charge in [0.2, 0.25) is 0 Å². The highest BCUT2D eigenvalue weighted by Crippen LogP contribution is 2.18. The molecule has 0 radical (unpaired) electrons. The van der Waals surface area contributed by atoms with Gasteiger partial charge in [-0.25, -0.2) is 9.67 Å². The average molecular weight is 273 g/mol. The van der Waals surface area contributed by atoms with E-state index >= 15 is 0 Å². The van der Waals surface area contributed by atoms with Crippen molar-refractivity contribution in [1.29, 1.82) is 0 Å². The van der Waals surface area contributed by atoms with Gasteiger partial charge in [0.1, 0.15) is 5.82 Å². The largest absolute Gasteiger partial charge is 0.409 e. The molecule has 2 aromatic rings. The van der Waals surface area contributed by atoms with Crippen molar-refractivity contribution in [3.05, 3.63) is 41.0 Å². The van der Waals surface area contributed by atoms with Crippen molar-refractivity contribution in [2.45, 2.75) is 33.6 Å². The monoisotopic (exact) mass is 273 g/mol. The number of nitrogens with zero attached hydrogens (tertiary/aromatic N) is 4. The van der Waals surface area contributed by atoms with Gasteiger partial charge in [0, 0.05) is 18.4 Å². The molecule has 6 nitrogen and oxygen atoms in total. The summed E-state index contributed by atoms with van der Waals surface area (Å²) in [6.07, 6.45) is 1.53. The first kappa shape index (κ1) is 14.0. The quantitative estimate of drug-likeness (QED) is 0.385. The molecule has 0 aliphatic heterocycles. The number of benzene rings is 1. The lowest BCUT2D eigenvalue weighted by Gasteiger charge is -2.11. The molecule has 1 aromatic heterocycles. The van der Waals surface area contributed by atoms with Gasteiger partial charge in [-0.1, -0.05) is 25.1 Å². The van der Waals surface area contributed by atoms with Crippen LogP contribution in [0.15, 0.2) is 23.4 Å². The SMILES string of the molecule is CCc1nc(CC)n(-c2cc(C)ccc2C(N)=NO)n1. The number of amidine groups is 1. The van der Waals surface area contributed by atoms with Crippen molar-refractivity contribution in [3.8, 4) is 5.69 Å². The maximum absolute atomic E-state index is 8.92. The Morgan fingerprint density at radius 3 is 2.70 bits per heavy atom. The summed E-state index contributed by atoms with van der Waals surface area (Å²) in [5.74, 6) is 1.71. The maximum atomic E-state index is 8.92. The molecule has 0 atom stereocenters. The zero-order valence-corrected chi connectivity index (χ0v) is 12.0. The zero-order chi connectivity index (χ0) is 14.7. The molecular weight excluding hydrogens is 254 g/mol. The number of nitrogens with two attached hydrogens (primary N) is 1. The Bertz CT molecular complexity index is 645. The highest BCUT2D eigenvalue weighted by atomic mass is 16.4. The van der Waals surface area contributed by atoms with Crippen LogP contribution < -0.4 is 5.73 Å². The van der Waals surface area contributed by atoms with Crippen molar-refractivity contribution < 1.29 is 5.21 Å². The fourth-order valence-electron chi connectivity index (χ4n) is 2.05. The van der Waals surface area contributed by atoms with E-state index in [-0.39, 0.29) is 5.84 Å². The van der Waals surface area contributed by atoms with Crippen LogP contribution in [0.25, 0.3) is 5.69 Å². The Morgan fingerprint density at radius 2 is 2.10 bits per heavy atom. The molecule has 0 bridgehead atoms. The molecule has 1 aromatic carbocycles. The Morgan fingerprint density at radius 1 is 1.35 bits per heavy atom. The van der Waals surface area contributed by atoms with E-state index in [1.807, 2.05) is 39.0 Å². The predicted octanol–water partition coefficient (Wildman–Crippen LogP) is 1.80. The van der Waals surface area contributed by atoms with Gasteiger partial charge < -0.3 is 10.9 Å². The molecule has 3 N–H and O–H groups in total. The molecule has 0 unspecified atom stereocenters. The third-order valence-corrected chi connectivity index (χ3v) is 3.12. The summed E-state index contributed by atoms with van der Waals surface area (Å²) in [5, 5.41) is 16.5. The first-order valence-corrected chi connectivity index (χ1v) is 6.64. The van der Waals surface area contributed by atoms with E-state index in [1.165, 1.54) is 0 Å². The van der Waals surface area contributed by atoms with Gasteiger partial charge in [-0.3, -0.25) is 0 Å². The molecule has 0 saturated carbocycles. The predicted molar refractivity (Wildman–Crippen MR) is 77.4 cm³/mol. The topological polar surface area (TPSA) is 89.3 Å². The van der Waals surface area contributed by atoms with Gasteiger partial charge in [0.25, 0.3) is 0 Å². The molecule has 106 valence electrons. The number of aryl methyl sites for hydroxylation is 3. The molecule has 0 spiro atoms. The average Bonchev–Trinajstić information content (AvgIpc) is 2.89. The van der Waals surface area contributed by atoms with Crippen LogP contribution in [-0.4, -0.2) is 25.8 Å². The highest BCUT2D eigenvalue weighted by Gasteiger charge is 2.15. The molecule has 0 aliphatic carbocycles. The molecule has 6 heteroatoms. The van der Waals surface area contributed by atoms with Crippen LogP contribution in [0, 0.1) is 6.92 Å². The van der Waals surface area contributed by atoms with Crippen LogP contribution in [0.1, 0.15) is 36.6 Å². The Balaban J connectivity index is 2.67. The Kier molecular flexibility index (Phi) is 4.02. The third-order valence-electron chi connectivity index (χ3n) is 3.12. The van der Waals surface area contributed by atoms with E-state index < -0.39 is 0 Å². The van der Waals surface area contributed by atoms with E-state index in [0.717, 1.165) is 35.7 Å². The summed E-state index contributed by atoms with van der Waals surface area (Å²) < 4.78 is 1.78. The number of hydrogen-bond acceptors (Lipinski definition) is 4. The third kappa shape index (κ3) is 2.49. The fourth-order valence-corrected chi connectivity index (χ4v) is 2.05. The number of oxime groups is 1. The summed E-state index contributed by atoms with van der Waals surface area (Å²) in [7, 11) is 0. The van der Waals surface area contributed by atoms with Crippen LogP contribution >= 0.6 is 0 Å². The van der Waals surface area contributed by atoms with Crippen molar-refractivity contribution in [2.75, 3.05) is 0 Å². The van der Waals surface area contributed by atoms with Gasteiger partial charge >= 0.3 is 0 Å². The zero-order valence-electron chi connectivity index (χ0n) is 12.0. The van der Waals surface area contributed by atoms with Crippen LogP contribution in [0.4, 0.5) is 0 Å². The second kappa shape index (κ2) is 5.73.